The molecule has 0 unspecified atom stereocenters. The first-order valence-corrected chi connectivity index (χ1v) is 9.25. The number of fused-ring (bicyclic) bond motifs is 1. The van der Waals surface area contributed by atoms with E-state index < -0.39 is 5.97 Å². The molecule has 1 saturated carbocycles. The molecule has 1 fully saturated rings. The van der Waals surface area contributed by atoms with Crippen LogP contribution in [0.4, 0.5) is 5.69 Å². The van der Waals surface area contributed by atoms with Gasteiger partial charge in [0, 0.05) is 35.1 Å². The van der Waals surface area contributed by atoms with E-state index >= 15 is 0 Å². The molecule has 2 aliphatic rings. The van der Waals surface area contributed by atoms with E-state index in [0.29, 0.717) is 30.0 Å². The molecule has 6 heteroatoms. The molecule has 2 aromatic rings. The van der Waals surface area contributed by atoms with Crippen molar-refractivity contribution in [2.75, 3.05) is 11.9 Å². The van der Waals surface area contributed by atoms with Gasteiger partial charge in [-0.2, -0.15) is 0 Å². The number of rotatable bonds is 5. The molecule has 0 spiro atoms. The summed E-state index contributed by atoms with van der Waals surface area (Å²) in [7, 11) is 0. The molecule has 0 atom stereocenters. The van der Waals surface area contributed by atoms with Crippen molar-refractivity contribution < 1.29 is 19.1 Å². The van der Waals surface area contributed by atoms with Crippen LogP contribution in [0, 0.1) is 13.8 Å². The topological polar surface area (TPSA) is 77.4 Å². The van der Waals surface area contributed by atoms with Crippen LogP contribution in [0.2, 0.25) is 0 Å². The molecular formula is C21H22N2O4. The first-order valence-electron chi connectivity index (χ1n) is 9.25. The number of benzene rings is 1. The minimum absolute atomic E-state index is 0.0145. The zero-order valence-electron chi connectivity index (χ0n) is 15.5. The lowest BCUT2D eigenvalue weighted by Crippen LogP contribution is -2.20. The molecule has 140 valence electrons. The Morgan fingerprint density at radius 2 is 1.96 bits per heavy atom. The van der Waals surface area contributed by atoms with Crippen LogP contribution in [0.25, 0.3) is 0 Å². The molecule has 27 heavy (non-hydrogen) atoms. The maximum atomic E-state index is 12.4. The van der Waals surface area contributed by atoms with Crippen molar-refractivity contribution in [3.63, 3.8) is 0 Å². The standard InChI is InChI=1S/C21H22N2O4/c1-12-9-17(13(2)23(12)16-5-6-16)21(26)27-11-19(24)15-3-7-18-14(10-15)4-8-20(25)22-18/h3,7,9-10,16H,4-6,8,11H2,1-2H3,(H,22,25). The summed E-state index contributed by atoms with van der Waals surface area (Å²) in [6, 6.07) is 7.47. The second kappa shape index (κ2) is 6.68. The number of Topliss-reactive ketones (excluding diaryl/α,β-unsaturated/α-hetero) is 1. The van der Waals surface area contributed by atoms with Crippen molar-refractivity contribution in [2.45, 2.75) is 45.6 Å². The molecule has 6 nitrogen and oxygen atoms in total. The SMILES string of the molecule is Cc1cc(C(=O)OCC(=O)c2ccc3c(c2)CCC(=O)N3)c(C)n1C1CC1. The Labute approximate surface area is 157 Å². The van der Waals surface area contributed by atoms with Gasteiger partial charge in [0.1, 0.15) is 0 Å². The van der Waals surface area contributed by atoms with Gasteiger partial charge in [0.2, 0.25) is 5.91 Å². The number of ether oxygens (including phenoxy) is 1. The van der Waals surface area contributed by atoms with E-state index in [1.807, 2.05) is 19.9 Å². The second-order valence-corrected chi connectivity index (χ2v) is 7.31. The number of esters is 1. The van der Waals surface area contributed by atoms with Gasteiger partial charge in [-0.15, -0.1) is 0 Å². The van der Waals surface area contributed by atoms with Crippen LogP contribution in [0.1, 0.15) is 63.0 Å². The third-order valence-corrected chi connectivity index (χ3v) is 5.27. The third kappa shape index (κ3) is 3.39. The monoisotopic (exact) mass is 366 g/mol. The first-order chi connectivity index (χ1) is 12.9. The van der Waals surface area contributed by atoms with Crippen molar-refractivity contribution in [3.05, 3.63) is 52.3 Å². The molecule has 1 amide bonds. The number of nitrogens with one attached hydrogen (secondary N) is 1. The Morgan fingerprint density at radius 1 is 1.19 bits per heavy atom. The van der Waals surface area contributed by atoms with E-state index in [4.69, 9.17) is 4.74 Å². The van der Waals surface area contributed by atoms with Crippen LogP contribution in [-0.4, -0.2) is 28.8 Å². The summed E-state index contributed by atoms with van der Waals surface area (Å²) in [5, 5.41) is 2.79. The van der Waals surface area contributed by atoms with Gasteiger partial charge in [-0.3, -0.25) is 9.59 Å². The van der Waals surface area contributed by atoms with Crippen molar-refractivity contribution >= 4 is 23.3 Å². The summed E-state index contributed by atoms with van der Waals surface area (Å²) in [6.45, 7) is 3.61. The molecule has 1 aliphatic heterocycles. The summed E-state index contributed by atoms with van der Waals surface area (Å²) in [5.41, 5.74) is 4.63. The molecule has 1 N–H and O–H groups in total. The minimum Gasteiger partial charge on any atom is -0.454 e. The summed E-state index contributed by atoms with van der Waals surface area (Å²) in [4.78, 5) is 36.3. The summed E-state index contributed by atoms with van der Waals surface area (Å²) >= 11 is 0. The van der Waals surface area contributed by atoms with Gasteiger partial charge in [-0.1, -0.05) is 0 Å². The lowest BCUT2D eigenvalue weighted by atomic mass is 9.99. The first kappa shape index (κ1) is 17.5. The Hall–Kier alpha value is -2.89. The number of aryl methyl sites for hydroxylation is 2. The largest absolute Gasteiger partial charge is 0.454 e. The maximum Gasteiger partial charge on any atom is 0.340 e. The number of aromatic nitrogens is 1. The fourth-order valence-electron chi connectivity index (χ4n) is 3.73. The van der Waals surface area contributed by atoms with E-state index in [1.54, 1.807) is 18.2 Å². The number of carbonyl (C=O) groups is 3. The highest BCUT2D eigenvalue weighted by Crippen LogP contribution is 2.38. The number of carbonyl (C=O) groups excluding carboxylic acids is 3. The molecule has 1 aromatic heterocycles. The number of hydrogen-bond acceptors (Lipinski definition) is 4. The van der Waals surface area contributed by atoms with Gasteiger partial charge in [0.25, 0.3) is 0 Å². The highest BCUT2D eigenvalue weighted by Gasteiger charge is 2.29. The van der Waals surface area contributed by atoms with Gasteiger partial charge in [0.15, 0.2) is 12.4 Å². The molecule has 2 heterocycles. The number of nitrogens with zero attached hydrogens (tertiary/aromatic N) is 1. The predicted octanol–water partition coefficient (Wildman–Crippen LogP) is 3.36. The van der Waals surface area contributed by atoms with Crippen LogP contribution in [0.15, 0.2) is 24.3 Å². The Morgan fingerprint density at radius 3 is 2.70 bits per heavy atom. The molecule has 4 rings (SSSR count). The molecule has 0 saturated heterocycles. The number of hydrogen-bond donors (Lipinski definition) is 1. The fraction of sp³-hybridized carbons (Fsp3) is 0.381. The summed E-state index contributed by atoms with van der Waals surface area (Å²) in [5.74, 6) is -0.730. The van der Waals surface area contributed by atoms with E-state index in [0.717, 1.165) is 35.5 Å². The molecular weight excluding hydrogens is 344 g/mol. The Kier molecular flexibility index (Phi) is 4.34. The smallest absolute Gasteiger partial charge is 0.340 e. The fourth-order valence-corrected chi connectivity index (χ4v) is 3.73. The zero-order valence-corrected chi connectivity index (χ0v) is 15.5. The number of anilines is 1. The maximum absolute atomic E-state index is 12.4. The van der Waals surface area contributed by atoms with Gasteiger partial charge >= 0.3 is 5.97 Å². The van der Waals surface area contributed by atoms with Gasteiger partial charge < -0.3 is 14.6 Å². The predicted molar refractivity (Wildman–Crippen MR) is 100 cm³/mol. The van der Waals surface area contributed by atoms with E-state index in [-0.39, 0.29) is 18.3 Å². The van der Waals surface area contributed by atoms with Crippen LogP contribution >= 0.6 is 0 Å². The average Bonchev–Trinajstić information content (AvgIpc) is 3.43. The van der Waals surface area contributed by atoms with E-state index in [2.05, 4.69) is 9.88 Å². The van der Waals surface area contributed by atoms with Crippen LogP contribution < -0.4 is 5.32 Å². The van der Waals surface area contributed by atoms with Crippen LogP contribution in [-0.2, 0) is 16.0 Å². The van der Waals surface area contributed by atoms with Gasteiger partial charge in [-0.25, -0.2) is 4.79 Å². The lowest BCUT2D eigenvalue weighted by Gasteiger charge is -2.17. The molecule has 0 bridgehead atoms. The third-order valence-electron chi connectivity index (χ3n) is 5.27. The van der Waals surface area contributed by atoms with Crippen molar-refractivity contribution in [3.8, 4) is 0 Å². The molecule has 1 aliphatic carbocycles. The van der Waals surface area contributed by atoms with Crippen molar-refractivity contribution in [1.82, 2.24) is 4.57 Å². The van der Waals surface area contributed by atoms with Crippen LogP contribution in [0.3, 0.4) is 0 Å². The number of amides is 1. The summed E-state index contributed by atoms with van der Waals surface area (Å²) in [6.07, 6.45) is 3.30. The summed E-state index contributed by atoms with van der Waals surface area (Å²) < 4.78 is 7.46. The van der Waals surface area contributed by atoms with Gasteiger partial charge in [0.05, 0.1) is 5.56 Å². The highest BCUT2D eigenvalue weighted by atomic mass is 16.5. The van der Waals surface area contributed by atoms with Crippen molar-refractivity contribution in [2.24, 2.45) is 0 Å². The normalized spacial score (nSPS) is 15.9. The average molecular weight is 366 g/mol. The van der Waals surface area contributed by atoms with E-state index in [9.17, 15) is 14.4 Å². The highest BCUT2D eigenvalue weighted by molar-refractivity contribution is 6.01. The van der Waals surface area contributed by atoms with Crippen LogP contribution in [0.5, 0.6) is 0 Å². The van der Waals surface area contributed by atoms with Gasteiger partial charge in [-0.05, 0) is 62.9 Å². The Bertz CT molecular complexity index is 953. The quantitative estimate of drug-likeness (QED) is 0.650. The van der Waals surface area contributed by atoms with E-state index in [1.165, 1.54) is 0 Å². The number of ketones is 1. The second-order valence-electron chi connectivity index (χ2n) is 7.31. The molecule has 0 radical (unpaired) electrons. The molecule has 1 aromatic carbocycles. The minimum atomic E-state index is -0.464. The lowest BCUT2D eigenvalue weighted by molar-refractivity contribution is -0.116. The van der Waals surface area contributed by atoms with Crippen molar-refractivity contribution in [1.29, 1.82) is 0 Å². The Balaban J connectivity index is 1.43. The zero-order chi connectivity index (χ0) is 19.1.